The zero-order chi connectivity index (χ0) is 18.8. The number of aromatic nitrogens is 1. The Morgan fingerprint density at radius 2 is 1.81 bits per heavy atom. The number of amides is 2. The summed E-state index contributed by atoms with van der Waals surface area (Å²) in [6.45, 7) is 5.75. The van der Waals surface area contributed by atoms with Crippen molar-refractivity contribution in [2.24, 2.45) is 11.8 Å². The summed E-state index contributed by atoms with van der Waals surface area (Å²) >= 11 is 1.99. The number of aryl methyl sites for hydroxylation is 2. The Hall–Kier alpha value is -1.10. The summed E-state index contributed by atoms with van der Waals surface area (Å²) in [6.07, 6.45) is 13.2. The van der Waals surface area contributed by atoms with Gasteiger partial charge in [0.05, 0.1) is 10.7 Å². The maximum absolute atomic E-state index is 12.2. The second-order valence-electron chi connectivity index (χ2n) is 9.26. The maximum atomic E-state index is 12.2. The topological polar surface area (TPSA) is 45.2 Å². The number of carbonyl (C=O) groups excluding carboxylic acids is 1. The number of hydrogen-bond donors (Lipinski definition) is 1. The molecule has 1 unspecified atom stereocenters. The summed E-state index contributed by atoms with van der Waals surface area (Å²) < 4.78 is 0. The first-order chi connectivity index (χ1) is 13.1. The van der Waals surface area contributed by atoms with E-state index in [4.69, 9.17) is 4.98 Å². The lowest BCUT2D eigenvalue weighted by Crippen LogP contribution is -2.46. The summed E-state index contributed by atoms with van der Waals surface area (Å²) in [5.41, 5.74) is 1.41. The molecule has 27 heavy (non-hydrogen) atoms. The van der Waals surface area contributed by atoms with Gasteiger partial charge in [0, 0.05) is 29.9 Å². The van der Waals surface area contributed by atoms with Crippen LogP contribution in [0.2, 0.25) is 0 Å². The molecule has 1 N–H and O–H groups in total. The third kappa shape index (κ3) is 4.67. The van der Waals surface area contributed by atoms with Gasteiger partial charge in [-0.2, -0.15) is 0 Å². The van der Waals surface area contributed by atoms with E-state index in [1.54, 1.807) is 4.88 Å². The minimum Gasteiger partial charge on any atom is -0.336 e. The van der Waals surface area contributed by atoms with E-state index in [0.29, 0.717) is 5.92 Å². The molecule has 2 aliphatic carbocycles. The summed E-state index contributed by atoms with van der Waals surface area (Å²) in [5, 5.41) is 4.36. The van der Waals surface area contributed by atoms with Gasteiger partial charge in [-0.05, 0) is 70.6 Å². The number of urea groups is 1. The molecule has 2 fully saturated rings. The molecule has 3 aliphatic rings. The highest BCUT2D eigenvalue weighted by Gasteiger charge is 2.29. The van der Waals surface area contributed by atoms with Gasteiger partial charge in [0.1, 0.15) is 0 Å². The van der Waals surface area contributed by atoms with Crippen LogP contribution in [0.1, 0.15) is 86.7 Å². The fourth-order valence-electron chi connectivity index (χ4n) is 4.89. The average Bonchev–Trinajstić information content (AvgIpc) is 2.93. The predicted molar refractivity (Wildman–Crippen MR) is 111 cm³/mol. The van der Waals surface area contributed by atoms with Gasteiger partial charge in [-0.25, -0.2) is 9.78 Å². The van der Waals surface area contributed by atoms with Gasteiger partial charge in [-0.1, -0.05) is 19.3 Å². The highest BCUT2D eigenvalue weighted by Crippen LogP contribution is 2.39. The van der Waals surface area contributed by atoms with E-state index in [1.165, 1.54) is 62.1 Å². The molecule has 0 radical (unpaired) electrons. The second-order valence-corrected chi connectivity index (χ2v) is 10.4. The largest absolute Gasteiger partial charge is 0.336 e. The lowest BCUT2D eigenvalue weighted by Gasteiger charge is -2.31. The molecule has 0 aromatic carbocycles. The number of rotatable bonds is 4. The first kappa shape index (κ1) is 19.2. The summed E-state index contributed by atoms with van der Waals surface area (Å²) in [4.78, 5) is 20.8. The van der Waals surface area contributed by atoms with Crippen LogP contribution in [0.4, 0.5) is 4.79 Å². The van der Waals surface area contributed by atoms with Crippen LogP contribution in [0, 0.1) is 11.8 Å². The van der Waals surface area contributed by atoms with Gasteiger partial charge < -0.3 is 10.2 Å². The van der Waals surface area contributed by atoms with E-state index in [1.807, 2.05) is 30.1 Å². The zero-order valence-electron chi connectivity index (χ0n) is 17.0. The predicted octanol–water partition coefficient (Wildman–Crippen LogP) is 5.13. The Bertz CT molecular complexity index is 618. The summed E-state index contributed by atoms with van der Waals surface area (Å²) in [6, 6.07) is 0.300. The van der Waals surface area contributed by atoms with Crippen molar-refractivity contribution < 1.29 is 4.79 Å². The molecule has 1 atom stereocenters. The minimum absolute atomic E-state index is 0.0934. The minimum atomic E-state index is 0.0934. The summed E-state index contributed by atoms with van der Waals surface area (Å²) in [5.74, 6) is 2.52. The van der Waals surface area contributed by atoms with Crippen molar-refractivity contribution in [1.82, 2.24) is 15.2 Å². The van der Waals surface area contributed by atoms with E-state index in [9.17, 15) is 4.79 Å². The molecular formula is C22H35N3OS. The van der Waals surface area contributed by atoms with Crippen molar-refractivity contribution in [3.05, 3.63) is 15.6 Å². The number of thiazole rings is 1. The molecule has 5 heteroatoms. The molecule has 150 valence electrons. The Morgan fingerprint density at radius 1 is 1.11 bits per heavy atom. The molecule has 2 heterocycles. The standard InChI is InChI=1S/C22H35N3OS/c1-15(2)23-22(26)25-12-10-18(11-13-25)21-24-19-8-6-17(7-9-20(19)27-21)14-16-4-3-5-16/h15-18H,3-14H2,1-2H3,(H,23,26). The molecule has 4 rings (SSSR count). The number of hydrogen-bond acceptors (Lipinski definition) is 3. The molecule has 1 aliphatic heterocycles. The first-order valence-electron chi connectivity index (χ1n) is 11.1. The van der Waals surface area contributed by atoms with Crippen molar-refractivity contribution in [1.29, 1.82) is 0 Å². The molecule has 0 bridgehead atoms. The maximum Gasteiger partial charge on any atom is 0.317 e. The molecule has 1 saturated heterocycles. The fourth-order valence-corrected chi connectivity index (χ4v) is 6.19. The SMILES string of the molecule is CC(C)NC(=O)N1CCC(c2nc3c(s2)CCC(CC2CCC2)CC3)CC1. The third-order valence-electron chi connectivity index (χ3n) is 6.80. The van der Waals surface area contributed by atoms with Crippen LogP contribution >= 0.6 is 11.3 Å². The van der Waals surface area contributed by atoms with Gasteiger partial charge in [0.25, 0.3) is 0 Å². The van der Waals surface area contributed by atoms with E-state index in [-0.39, 0.29) is 12.1 Å². The third-order valence-corrected chi connectivity index (χ3v) is 8.12. The molecule has 1 aromatic rings. The lowest BCUT2D eigenvalue weighted by atomic mass is 9.77. The van der Waals surface area contributed by atoms with Gasteiger partial charge >= 0.3 is 6.03 Å². The number of piperidine rings is 1. The van der Waals surface area contributed by atoms with Gasteiger partial charge in [-0.3, -0.25) is 0 Å². The van der Waals surface area contributed by atoms with Gasteiger partial charge in [-0.15, -0.1) is 11.3 Å². The highest BCUT2D eigenvalue weighted by molar-refractivity contribution is 7.11. The number of carbonyl (C=O) groups is 1. The first-order valence-corrected chi connectivity index (χ1v) is 11.9. The van der Waals surface area contributed by atoms with Crippen LogP contribution in [0.3, 0.4) is 0 Å². The van der Waals surface area contributed by atoms with Crippen LogP contribution in [-0.4, -0.2) is 35.0 Å². The van der Waals surface area contributed by atoms with E-state index in [2.05, 4.69) is 5.32 Å². The van der Waals surface area contributed by atoms with Crippen LogP contribution in [-0.2, 0) is 12.8 Å². The van der Waals surface area contributed by atoms with Crippen LogP contribution in [0.15, 0.2) is 0 Å². The van der Waals surface area contributed by atoms with E-state index >= 15 is 0 Å². The Morgan fingerprint density at radius 3 is 2.48 bits per heavy atom. The van der Waals surface area contributed by atoms with E-state index in [0.717, 1.165) is 37.8 Å². The molecule has 2 amide bonds. The zero-order valence-corrected chi connectivity index (χ0v) is 17.8. The second kappa shape index (κ2) is 8.50. The number of fused-ring (bicyclic) bond motifs is 1. The van der Waals surface area contributed by atoms with Crippen molar-refractivity contribution >= 4 is 17.4 Å². The van der Waals surface area contributed by atoms with Crippen molar-refractivity contribution in [2.75, 3.05) is 13.1 Å². The quantitative estimate of drug-likeness (QED) is 0.726. The molecule has 0 spiro atoms. The lowest BCUT2D eigenvalue weighted by molar-refractivity contribution is 0.179. The normalized spacial score (nSPS) is 24.4. The molecule has 1 aromatic heterocycles. The Labute approximate surface area is 168 Å². The van der Waals surface area contributed by atoms with Crippen molar-refractivity contribution in [2.45, 2.75) is 90.0 Å². The number of nitrogens with one attached hydrogen (secondary N) is 1. The van der Waals surface area contributed by atoms with Crippen LogP contribution in [0.25, 0.3) is 0 Å². The van der Waals surface area contributed by atoms with Gasteiger partial charge in [0.2, 0.25) is 0 Å². The Balaban J connectivity index is 1.29. The van der Waals surface area contributed by atoms with Crippen LogP contribution < -0.4 is 5.32 Å². The van der Waals surface area contributed by atoms with Crippen molar-refractivity contribution in [3.8, 4) is 0 Å². The highest BCUT2D eigenvalue weighted by atomic mass is 32.1. The number of likely N-dealkylation sites (tertiary alicyclic amines) is 1. The number of nitrogens with zero attached hydrogens (tertiary/aromatic N) is 2. The van der Waals surface area contributed by atoms with Crippen molar-refractivity contribution in [3.63, 3.8) is 0 Å². The molecule has 4 nitrogen and oxygen atoms in total. The average molecular weight is 390 g/mol. The fraction of sp³-hybridized carbons (Fsp3) is 0.818. The van der Waals surface area contributed by atoms with Crippen LogP contribution in [0.5, 0.6) is 0 Å². The monoisotopic (exact) mass is 389 g/mol. The van der Waals surface area contributed by atoms with Gasteiger partial charge in [0.15, 0.2) is 0 Å². The summed E-state index contributed by atoms with van der Waals surface area (Å²) in [7, 11) is 0. The van der Waals surface area contributed by atoms with E-state index < -0.39 is 0 Å². The Kier molecular flexibility index (Phi) is 6.05. The molecular weight excluding hydrogens is 354 g/mol. The smallest absolute Gasteiger partial charge is 0.317 e. The molecule has 1 saturated carbocycles.